The summed E-state index contributed by atoms with van der Waals surface area (Å²) in [6.45, 7) is 6.37. The van der Waals surface area contributed by atoms with Crippen molar-refractivity contribution in [2.24, 2.45) is 0 Å². The molecule has 0 saturated carbocycles. The van der Waals surface area contributed by atoms with Crippen molar-refractivity contribution < 1.29 is 19.4 Å². The van der Waals surface area contributed by atoms with Crippen molar-refractivity contribution >= 4 is 5.91 Å². The number of methoxy groups -OCH3 is 1. The Balaban J connectivity index is 1.89. The minimum absolute atomic E-state index is 0.0267. The molecular formula is C17H26N2O4. The van der Waals surface area contributed by atoms with Crippen molar-refractivity contribution in [1.29, 1.82) is 0 Å². The van der Waals surface area contributed by atoms with Crippen LogP contribution < -0.4 is 4.74 Å². The summed E-state index contributed by atoms with van der Waals surface area (Å²) in [6.07, 6.45) is -0.335. The maximum Gasteiger partial charge on any atom is 0.254 e. The lowest BCUT2D eigenvalue weighted by Crippen LogP contribution is -2.50. The molecule has 0 bridgehead atoms. The predicted molar refractivity (Wildman–Crippen MR) is 87.8 cm³/mol. The summed E-state index contributed by atoms with van der Waals surface area (Å²) in [6, 6.07) is 7.26. The first-order chi connectivity index (χ1) is 11.1. The van der Waals surface area contributed by atoms with Crippen molar-refractivity contribution in [2.45, 2.75) is 13.0 Å². The smallest absolute Gasteiger partial charge is 0.254 e. The van der Waals surface area contributed by atoms with E-state index in [9.17, 15) is 9.90 Å². The van der Waals surface area contributed by atoms with E-state index < -0.39 is 0 Å². The van der Waals surface area contributed by atoms with Crippen LogP contribution in [0.2, 0.25) is 0 Å². The highest BCUT2D eigenvalue weighted by atomic mass is 16.5. The van der Waals surface area contributed by atoms with Crippen LogP contribution in [-0.2, 0) is 4.74 Å². The largest absolute Gasteiger partial charge is 0.491 e. The number of ether oxygens (including phenoxy) is 2. The lowest BCUT2D eigenvalue weighted by atomic mass is 10.1. The SMILES string of the molecule is COCCOc1cccc(C(=O)N2CCN(C[C@H](C)O)CC2)c1. The minimum Gasteiger partial charge on any atom is -0.491 e. The van der Waals surface area contributed by atoms with Gasteiger partial charge in [-0.15, -0.1) is 0 Å². The minimum atomic E-state index is -0.335. The number of aliphatic hydroxyl groups excluding tert-OH is 1. The van der Waals surface area contributed by atoms with Crippen LogP contribution in [0.1, 0.15) is 17.3 Å². The average molecular weight is 322 g/mol. The molecule has 0 unspecified atom stereocenters. The Hall–Kier alpha value is -1.63. The lowest BCUT2D eigenvalue weighted by molar-refractivity contribution is 0.0553. The van der Waals surface area contributed by atoms with Gasteiger partial charge in [-0.2, -0.15) is 0 Å². The van der Waals surface area contributed by atoms with Gasteiger partial charge in [0.2, 0.25) is 0 Å². The van der Waals surface area contributed by atoms with Crippen LogP contribution in [0.15, 0.2) is 24.3 Å². The summed E-state index contributed by atoms with van der Waals surface area (Å²) < 4.78 is 10.5. The Morgan fingerprint density at radius 1 is 1.26 bits per heavy atom. The topological polar surface area (TPSA) is 62.2 Å². The van der Waals surface area contributed by atoms with Gasteiger partial charge in [-0.3, -0.25) is 9.69 Å². The van der Waals surface area contributed by atoms with Crippen molar-refractivity contribution in [1.82, 2.24) is 9.80 Å². The van der Waals surface area contributed by atoms with Crippen molar-refractivity contribution in [3.8, 4) is 5.75 Å². The van der Waals surface area contributed by atoms with E-state index in [0.717, 1.165) is 13.1 Å². The van der Waals surface area contributed by atoms with Gasteiger partial charge in [0.1, 0.15) is 12.4 Å². The molecule has 1 N–H and O–H groups in total. The zero-order chi connectivity index (χ0) is 16.7. The molecule has 6 heteroatoms. The first kappa shape index (κ1) is 17.7. The van der Waals surface area contributed by atoms with Gasteiger partial charge in [0.05, 0.1) is 12.7 Å². The number of carbonyl (C=O) groups excluding carboxylic acids is 1. The number of piperazine rings is 1. The zero-order valence-corrected chi connectivity index (χ0v) is 13.9. The summed E-state index contributed by atoms with van der Waals surface area (Å²) in [7, 11) is 1.63. The molecule has 1 fully saturated rings. The quantitative estimate of drug-likeness (QED) is 0.754. The third kappa shape index (κ3) is 5.49. The van der Waals surface area contributed by atoms with Gasteiger partial charge in [-0.05, 0) is 25.1 Å². The summed E-state index contributed by atoms with van der Waals surface area (Å²) in [5, 5.41) is 9.43. The molecule has 0 aromatic heterocycles. The Morgan fingerprint density at radius 2 is 2.00 bits per heavy atom. The number of benzene rings is 1. The lowest BCUT2D eigenvalue weighted by Gasteiger charge is -2.35. The number of amides is 1. The Kier molecular flexibility index (Phi) is 6.83. The van der Waals surface area contributed by atoms with Gasteiger partial charge >= 0.3 is 0 Å². The number of β-amino-alcohol motifs (C(OH)–C–C–N with tert-alkyl or cyclic N) is 1. The second-order valence-corrected chi connectivity index (χ2v) is 5.81. The first-order valence-electron chi connectivity index (χ1n) is 8.01. The van der Waals surface area contributed by atoms with E-state index in [1.807, 2.05) is 23.1 Å². The van der Waals surface area contributed by atoms with Gasteiger partial charge in [0.25, 0.3) is 5.91 Å². The highest BCUT2D eigenvalue weighted by Gasteiger charge is 2.22. The Morgan fingerprint density at radius 3 is 2.65 bits per heavy atom. The molecule has 128 valence electrons. The highest BCUT2D eigenvalue weighted by Crippen LogP contribution is 2.16. The molecule has 0 radical (unpaired) electrons. The highest BCUT2D eigenvalue weighted by molar-refractivity contribution is 5.94. The summed E-state index contributed by atoms with van der Waals surface area (Å²) in [5.74, 6) is 0.708. The predicted octanol–water partition coefficient (Wildman–Crippen LogP) is 0.850. The average Bonchev–Trinajstić information content (AvgIpc) is 2.55. The summed E-state index contributed by atoms with van der Waals surface area (Å²) in [5.41, 5.74) is 0.642. The number of aliphatic hydroxyl groups is 1. The van der Waals surface area contributed by atoms with Crippen LogP contribution >= 0.6 is 0 Å². The maximum absolute atomic E-state index is 12.6. The van der Waals surface area contributed by atoms with E-state index in [2.05, 4.69) is 4.90 Å². The molecule has 1 aliphatic rings. The van der Waals surface area contributed by atoms with Gasteiger partial charge in [0.15, 0.2) is 0 Å². The fraction of sp³-hybridized carbons (Fsp3) is 0.588. The van der Waals surface area contributed by atoms with E-state index in [1.54, 1.807) is 20.1 Å². The maximum atomic E-state index is 12.6. The molecule has 1 heterocycles. The molecule has 1 amide bonds. The zero-order valence-electron chi connectivity index (χ0n) is 13.9. The van der Waals surface area contributed by atoms with Gasteiger partial charge in [0, 0.05) is 45.4 Å². The number of hydrogen-bond donors (Lipinski definition) is 1. The number of carbonyl (C=O) groups is 1. The van der Waals surface area contributed by atoms with Crippen LogP contribution in [0.5, 0.6) is 5.75 Å². The fourth-order valence-electron chi connectivity index (χ4n) is 2.65. The van der Waals surface area contributed by atoms with E-state index >= 15 is 0 Å². The molecule has 0 spiro atoms. The standard InChI is InChI=1S/C17H26N2O4/c1-14(20)13-18-6-8-19(9-7-18)17(21)15-4-3-5-16(12-15)23-11-10-22-2/h3-5,12,14,20H,6-11,13H2,1-2H3/t14-/m0/s1. The van der Waals surface area contributed by atoms with Crippen molar-refractivity contribution in [2.75, 3.05) is 53.0 Å². The third-order valence-corrected chi connectivity index (χ3v) is 3.82. The Labute approximate surface area is 137 Å². The van der Waals surface area contributed by atoms with Gasteiger partial charge in [-0.25, -0.2) is 0 Å². The second kappa shape index (κ2) is 8.86. The fourth-order valence-corrected chi connectivity index (χ4v) is 2.65. The number of nitrogens with zero attached hydrogens (tertiary/aromatic N) is 2. The summed E-state index contributed by atoms with van der Waals surface area (Å²) in [4.78, 5) is 16.6. The molecule has 1 aromatic rings. The molecule has 2 rings (SSSR count). The van der Waals surface area contributed by atoms with Gasteiger partial charge in [-0.1, -0.05) is 6.07 Å². The number of hydrogen-bond acceptors (Lipinski definition) is 5. The molecule has 1 aliphatic heterocycles. The first-order valence-corrected chi connectivity index (χ1v) is 8.01. The normalized spacial score (nSPS) is 17.1. The van der Waals surface area contributed by atoms with E-state index in [-0.39, 0.29) is 12.0 Å². The van der Waals surface area contributed by atoms with Crippen LogP contribution in [0, 0.1) is 0 Å². The van der Waals surface area contributed by atoms with Crippen LogP contribution in [-0.4, -0.2) is 80.0 Å². The molecule has 23 heavy (non-hydrogen) atoms. The monoisotopic (exact) mass is 322 g/mol. The van der Waals surface area contributed by atoms with Crippen LogP contribution in [0.4, 0.5) is 0 Å². The molecule has 1 saturated heterocycles. The Bertz CT molecular complexity index is 499. The molecular weight excluding hydrogens is 296 g/mol. The van der Waals surface area contributed by atoms with Crippen LogP contribution in [0.25, 0.3) is 0 Å². The van der Waals surface area contributed by atoms with E-state index in [0.29, 0.717) is 44.2 Å². The molecule has 1 aromatic carbocycles. The number of rotatable bonds is 7. The van der Waals surface area contributed by atoms with Crippen molar-refractivity contribution in [3.63, 3.8) is 0 Å². The molecule has 1 atom stereocenters. The third-order valence-electron chi connectivity index (χ3n) is 3.82. The van der Waals surface area contributed by atoms with Gasteiger partial charge < -0.3 is 19.5 Å². The second-order valence-electron chi connectivity index (χ2n) is 5.81. The summed E-state index contributed by atoms with van der Waals surface area (Å²) >= 11 is 0. The van der Waals surface area contributed by atoms with Crippen LogP contribution in [0.3, 0.4) is 0 Å². The molecule has 0 aliphatic carbocycles. The molecule has 6 nitrogen and oxygen atoms in total. The van der Waals surface area contributed by atoms with Crippen molar-refractivity contribution in [3.05, 3.63) is 29.8 Å². The van der Waals surface area contributed by atoms with E-state index in [1.165, 1.54) is 0 Å². The van der Waals surface area contributed by atoms with E-state index in [4.69, 9.17) is 9.47 Å².